The van der Waals surface area contributed by atoms with Crippen LogP contribution >= 0.6 is 0 Å². The highest BCUT2D eigenvalue weighted by atomic mass is 19.1. The van der Waals surface area contributed by atoms with E-state index < -0.39 is 0 Å². The van der Waals surface area contributed by atoms with Crippen molar-refractivity contribution in [1.29, 1.82) is 0 Å². The van der Waals surface area contributed by atoms with Gasteiger partial charge < -0.3 is 14.8 Å². The van der Waals surface area contributed by atoms with Gasteiger partial charge in [0.05, 0.1) is 11.7 Å². The van der Waals surface area contributed by atoms with Gasteiger partial charge in [-0.25, -0.2) is 4.39 Å². The molecule has 24 heavy (non-hydrogen) atoms. The fourth-order valence-electron chi connectivity index (χ4n) is 3.07. The van der Waals surface area contributed by atoms with E-state index in [9.17, 15) is 14.3 Å². The van der Waals surface area contributed by atoms with Crippen LogP contribution in [-0.2, 0) is 11.2 Å². The van der Waals surface area contributed by atoms with Crippen LogP contribution in [0.25, 0.3) is 11.3 Å². The number of carbonyl (C=O) groups excluding carboxylic acids is 1. The highest BCUT2D eigenvalue weighted by Crippen LogP contribution is 2.25. The molecular formula is C19H22FNO3. The van der Waals surface area contributed by atoms with E-state index in [0.29, 0.717) is 29.9 Å². The van der Waals surface area contributed by atoms with Gasteiger partial charge in [-0.05, 0) is 49.9 Å². The van der Waals surface area contributed by atoms with Gasteiger partial charge in [0.15, 0.2) is 0 Å². The van der Waals surface area contributed by atoms with Gasteiger partial charge in [0.25, 0.3) is 0 Å². The quantitative estimate of drug-likeness (QED) is 0.882. The zero-order valence-corrected chi connectivity index (χ0v) is 13.5. The Labute approximate surface area is 140 Å². The Kier molecular flexibility index (Phi) is 5.30. The monoisotopic (exact) mass is 331 g/mol. The molecule has 1 fully saturated rings. The fraction of sp³-hybridized carbons (Fsp3) is 0.421. The van der Waals surface area contributed by atoms with Crippen molar-refractivity contribution in [3.05, 3.63) is 48.0 Å². The Morgan fingerprint density at radius 2 is 1.92 bits per heavy atom. The third kappa shape index (κ3) is 4.23. The highest BCUT2D eigenvalue weighted by molar-refractivity contribution is 5.76. The van der Waals surface area contributed by atoms with Crippen molar-refractivity contribution in [3.63, 3.8) is 0 Å². The van der Waals surface area contributed by atoms with Crippen LogP contribution in [0.4, 0.5) is 4.39 Å². The molecule has 0 atom stereocenters. The van der Waals surface area contributed by atoms with E-state index in [1.165, 1.54) is 6.07 Å². The molecule has 1 aromatic carbocycles. The lowest BCUT2D eigenvalue weighted by atomic mass is 9.93. The van der Waals surface area contributed by atoms with E-state index in [-0.39, 0.29) is 23.9 Å². The largest absolute Gasteiger partial charge is 0.461 e. The molecule has 0 aliphatic heterocycles. The van der Waals surface area contributed by atoms with Crippen molar-refractivity contribution in [2.24, 2.45) is 0 Å². The van der Waals surface area contributed by atoms with Crippen molar-refractivity contribution < 1.29 is 18.7 Å². The summed E-state index contributed by atoms with van der Waals surface area (Å²) in [5, 5.41) is 12.5. The van der Waals surface area contributed by atoms with Gasteiger partial charge in [0.1, 0.15) is 17.3 Å². The van der Waals surface area contributed by atoms with E-state index in [1.54, 1.807) is 30.3 Å². The van der Waals surface area contributed by atoms with E-state index in [0.717, 1.165) is 25.7 Å². The summed E-state index contributed by atoms with van der Waals surface area (Å²) < 4.78 is 19.4. The Hall–Kier alpha value is -2.14. The second kappa shape index (κ2) is 7.62. The van der Waals surface area contributed by atoms with Crippen LogP contribution < -0.4 is 5.32 Å². The van der Waals surface area contributed by atoms with Crippen LogP contribution in [0.1, 0.15) is 37.9 Å². The third-order valence-electron chi connectivity index (χ3n) is 4.46. The zero-order chi connectivity index (χ0) is 16.9. The maximum Gasteiger partial charge on any atom is 0.220 e. The molecule has 0 saturated heterocycles. The first-order chi connectivity index (χ1) is 11.6. The molecule has 128 valence electrons. The molecule has 4 nitrogen and oxygen atoms in total. The maximum absolute atomic E-state index is 13.7. The van der Waals surface area contributed by atoms with Gasteiger partial charge in [-0.3, -0.25) is 4.79 Å². The second-order valence-corrected chi connectivity index (χ2v) is 6.32. The first kappa shape index (κ1) is 16.7. The smallest absolute Gasteiger partial charge is 0.220 e. The number of amides is 1. The maximum atomic E-state index is 13.7. The molecule has 0 radical (unpaired) electrons. The van der Waals surface area contributed by atoms with Crippen LogP contribution in [0.5, 0.6) is 0 Å². The molecule has 1 aliphatic carbocycles. The van der Waals surface area contributed by atoms with Gasteiger partial charge in [-0.2, -0.15) is 0 Å². The SMILES string of the molecule is O=C(CCc1ccc(-c2ccccc2F)o1)NC1CCC(O)CC1. The van der Waals surface area contributed by atoms with Crippen LogP contribution in [0.15, 0.2) is 40.8 Å². The van der Waals surface area contributed by atoms with Gasteiger partial charge >= 0.3 is 0 Å². The van der Waals surface area contributed by atoms with Crippen molar-refractivity contribution >= 4 is 5.91 Å². The number of halogens is 1. The molecule has 2 N–H and O–H groups in total. The van der Waals surface area contributed by atoms with Crippen molar-refractivity contribution in [3.8, 4) is 11.3 Å². The average molecular weight is 331 g/mol. The Balaban J connectivity index is 1.50. The fourth-order valence-corrected chi connectivity index (χ4v) is 3.07. The van der Waals surface area contributed by atoms with Gasteiger partial charge in [0.2, 0.25) is 5.91 Å². The number of aliphatic hydroxyl groups excluding tert-OH is 1. The highest BCUT2D eigenvalue weighted by Gasteiger charge is 2.20. The lowest BCUT2D eigenvalue weighted by Gasteiger charge is -2.26. The summed E-state index contributed by atoms with van der Waals surface area (Å²) in [6, 6.07) is 10.1. The molecule has 2 aromatic rings. The Bertz CT molecular complexity index is 689. The lowest BCUT2D eigenvalue weighted by Crippen LogP contribution is -2.38. The zero-order valence-electron chi connectivity index (χ0n) is 13.5. The summed E-state index contributed by atoms with van der Waals surface area (Å²) in [5.74, 6) is 0.808. The van der Waals surface area contributed by atoms with Crippen LogP contribution in [0.2, 0.25) is 0 Å². The molecule has 0 unspecified atom stereocenters. The molecule has 5 heteroatoms. The summed E-state index contributed by atoms with van der Waals surface area (Å²) >= 11 is 0. The van der Waals surface area contributed by atoms with Crippen LogP contribution in [0.3, 0.4) is 0 Å². The van der Waals surface area contributed by atoms with Crippen LogP contribution in [0, 0.1) is 5.82 Å². The number of hydrogen-bond donors (Lipinski definition) is 2. The Morgan fingerprint density at radius 3 is 2.67 bits per heavy atom. The van der Waals surface area contributed by atoms with E-state index in [1.807, 2.05) is 0 Å². The third-order valence-corrected chi connectivity index (χ3v) is 4.46. The molecule has 3 rings (SSSR count). The summed E-state index contributed by atoms with van der Waals surface area (Å²) in [5.41, 5.74) is 0.425. The number of carbonyl (C=O) groups is 1. The molecular weight excluding hydrogens is 309 g/mol. The number of furan rings is 1. The lowest BCUT2D eigenvalue weighted by molar-refractivity contribution is -0.122. The average Bonchev–Trinajstić information content (AvgIpc) is 3.04. The normalized spacial score (nSPS) is 20.8. The van der Waals surface area contributed by atoms with Crippen molar-refractivity contribution in [1.82, 2.24) is 5.32 Å². The Morgan fingerprint density at radius 1 is 1.17 bits per heavy atom. The molecule has 1 saturated carbocycles. The molecule has 0 bridgehead atoms. The predicted octanol–water partition coefficient (Wildman–Crippen LogP) is 3.44. The number of benzene rings is 1. The predicted molar refractivity (Wildman–Crippen MR) is 88.8 cm³/mol. The summed E-state index contributed by atoms with van der Waals surface area (Å²) in [4.78, 5) is 12.0. The van der Waals surface area contributed by atoms with E-state index >= 15 is 0 Å². The van der Waals surface area contributed by atoms with Gasteiger partial charge in [0, 0.05) is 18.9 Å². The first-order valence-corrected chi connectivity index (χ1v) is 8.43. The van der Waals surface area contributed by atoms with Crippen molar-refractivity contribution in [2.75, 3.05) is 0 Å². The number of aryl methyl sites for hydroxylation is 1. The standard InChI is InChI=1S/C19H22FNO3/c20-17-4-2-1-3-16(17)18-11-9-15(24-18)10-12-19(23)21-13-5-7-14(22)8-6-13/h1-4,9,11,13-14,22H,5-8,10,12H2,(H,21,23). The van der Waals surface area contributed by atoms with Crippen molar-refractivity contribution in [2.45, 2.75) is 50.7 Å². The minimum Gasteiger partial charge on any atom is -0.461 e. The first-order valence-electron chi connectivity index (χ1n) is 8.43. The topological polar surface area (TPSA) is 62.5 Å². The second-order valence-electron chi connectivity index (χ2n) is 6.32. The van der Waals surface area contributed by atoms with Crippen LogP contribution in [-0.4, -0.2) is 23.2 Å². The minimum atomic E-state index is -0.323. The number of nitrogens with one attached hydrogen (secondary N) is 1. The summed E-state index contributed by atoms with van der Waals surface area (Å²) in [6.07, 6.45) is 3.73. The van der Waals surface area contributed by atoms with E-state index in [4.69, 9.17) is 4.42 Å². The molecule has 1 amide bonds. The summed E-state index contributed by atoms with van der Waals surface area (Å²) in [7, 11) is 0. The van der Waals surface area contributed by atoms with Gasteiger partial charge in [-0.1, -0.05) is 12.1 Å². The molecule has 1 aliphatic rings. The number of rotatable bonds is 5. The minimum absolute atomic E-state index is 0.0137. The molecule has 1 heterocycles. The van der Waals surface area contributed by atoms with E-state index in [2.05, 4.69) is 5.32 Å². The number of hydrogen-bond acceptors (Lipinski definition) is 3. The van der Waals surface area contributed by atoms with Gasteiger partial charge in [-0.15, -0.1) is 0 Å². The number of aliphatic hydroxyl groups is 1. The molecule has 0 spiro atoms. The summed E-state index contributed by atoms with van der Waals surface area (Å²) in [6.45, 7) is 0. The molecule has 1 aromatic heterocycles.